The van der Waals surface area contributed by atoms with Gasteiger partial charge in [-0.15, -0.1) is 12.4 Å². The zero-order chi connectivity index (χ0) is 22.6. The van der Waals surface area contributed by atoms with Crippen molar-refractivity contribution in [2.45, 2.75) is 25.7 Å². The monoisotopic (exact) mass is 461 g/mol. The number of aliphatic hydroxyl groups is 2. The number of aromatic nitrogens is 2. The summed E-state index contributed by atoms with van der Waals surface area (Å²) < 4.78 is 7.28. The standard InChI is InChI=1S/C23H27N3O5.ClH/c1-4-31-19-9-6-10-26-20(15(2)25-21(19)26)18(29)12-23(13-27,14-28)17-8-5-7-16(11-17)22(30)24-3;/h5-11,27-28H,4,12-14H2,1-3H3,(H,24,30);1H. The highest BCUT2D eigenvalue weighted by Crippen LogP contribution is 2.31. The number of halogens is 1. The molecule has 0 saturated carbocycles. The Morgan fingerprint density at radius 3 is 2.53 bits per heavy atom. The molecule has 172 valence electrons. The average molecular weight is 462 g/mol. The number of amides is 1. The summed E-state index contributed by atoms with van der Waals surface area (Å²) in [6.45, 7) is 3.14. The number of ether oxygens (including phenoxy) is 1. The number of ketones is 1. The van der Waals surface area contributed by atoms with Crippen molar-refractivity contribution in [3.63, 3.8) is 0 Å². The molecule has 1 aromatic carbocycles. The molecule has 0 fully saturated rings. The first kappa shape index (κ1) is 25.3. The first-order valence-electron chi connectivity index (χ1n) is 10.1. The third kappa shape index (κ3) is 4.62. The molecule has 2 heterocycles. The fourth-order valence-electron chi connectivity index (χ4n) is 3.73. The molecule has 0 bridgehead atoms. The van der Waals surface area contributed by atoms with E-state index in [1.165, 1.54) is 7.05 Å². The molecule has 3 rings (SSSR count). The number of carbonyl (C=O) groups is 2. The lowest BCUT2D eigenvalue weighted by atomic mass is 9.76. The van der Waals surface area contributed by atoms with Crippen LogP contribution in [0.25, 0.3) is 5.65 Å². The van der Waals surface area contributed by atoms with Crippen LogP contribution in [0.15, 0.2) is 42.6 Å². The maximum atomic E-state index is 13.4. The number of benzene rings is 1. The second kappa shape index (κ2) is 10.6. The van der Waals surface area contributed by atoms with Crippen LogP contribution in [0.3, 0.4) is 0 Å². The van der Waals surface area contributed by atoms with Crippen LogP contribution < -0.4 is 10.1 Å². The molecule has 0 aliphatic carbocycles. The van der Waals surface area contributed by atoms with Gasteiger partial charge < -0.3 is 20.3 Å². The van der Waals surface area contributed by atoms with E-state index in [0.29, 0.717) is 40.5 Å². The van der Waals surface area contributed by atoms with Crippen LogP contribution in [0, 0.1) is 6.92 Å². The first-order chi connectivity index (χ1) is 14.9. The summed E-state index contributed by atoms with van der Waals surface area (Å²) in [4.78, 5) is 29.9. The second-order valence-electron chi connectivity index (χ2n) is 7.40. The lowest BCUT2D eigenvalue weighted by molar-refractivity contribution is 0.0782. The van der Waals surface area contributed by atoms with Gasteiger partial charge in [-0.3, -0.25) is 14.0 Å². The quantitative estimate of drug-likeness (QED) is 0.421. The number of nitrogens with zero attached hydrogens (tertiary/aromatic N) is 2. The maximum absolute atomic E-state index is 13.4. The first-order valence-corrected chi connectivity index (χ1v) is 10.1. The van der Waals surface area contributed by atoms with Gasteiger partial charge in [0.15, 0.2) is 17.2 Å². The third-order valence-electron chi connectivity index (χ3n) is 5.42. The molecule has 3 aromatic rings. The number of aryl methyl sites for hydroxylation is 1. The molecule has 0 aliphatic rings. The Bertz CT molecular complexity index is 1110. The average Bonchev–Trinajstić information content (AvgIpc) is 3.14. The summed E-state index contributed by atoms with van der Waals surface area (Å²) in [5.41, 5.74) is 1.06. The van der Waals surface area contributed by atoms with Gasteiger partial charge in [0.25, 0.3) is 5.91 Å². The van der Waals surface area contributed by atoms with Crippen LogP contribution >= 0.6 is 12.4 Å². The Hall–Kier alpha value is -2.94. The Balaban J connectivity index is 0.00000363. The van der Waals surface area contributed by atoms with Gasteiger partial charge in [0.05, 0.1) is 25.5 Å². The summed E-state index contributed by atoms with van der Waals surface area (Å²) in [7, 11) is 1.52. The van der Waals surface area contributed by atoms with Crippen molar-refractivity contribution in [2.75, 3.05) is 26.9 Å². The smallest absolute Gasteiger partial charge is 0.251 e. The van der Waals surface area contributed by atoms with E-state index in [1.54, 1.807) is 53.9 Å². The van der Waals surface area contributed by atoms with E-state index in [1.807, 2.05) is 6.92 Å². The molecule has 0 spiro atoms. The van der Waals surface area contributed by atoms with E-state index < -0.39 is 18.6 Å². The van der Waals surface area contributed by atoms with Crippen LogP contribution in [0.1, 0.15) is 45.4 Å². The van der Waals surface area contributed by atoms with Gasteiger partial charge in [-0.1, -0.05) is 12.1 Å². The van der Waals surface area contributed by atoms with Gasteiger partial charge >= 0.3 is 0 Å². The van der Waals surface area contributed by atoms with E-state index in [2.05, 4.69) is 10.3 Å². The molecule has 3 N–H and O–H groups in total. The Kier molecular flexibility index (Phi) is 8.38. The molecular weight excluding hydrogens is 434 g/mol. The van der Waals surface area contributed by atoms with Crippen molar-refractivity contribution >= 4 is 29.7 Å². The Morgan fingerprint density at radius 2 is 1.91 bits per heavy atom. The minimum Gasteiger partial charge on any atom is -0.490 e. The number of fused-ring (bicyclic) bond motifs is 1. The van der Waals surface area contributed by atoms with Crippen molar-refractivity contribution in [3.05, 3.63) is 65.1 Å². The number of Topliss-reactive ketones (excluding diaryl/α,β-unsaturated/α-hetero) is 1. The summed E-state index contributed by atoms with van der Waals surface area (Å²) in [6.07, 6.45) is 1.57. The van der Waals surface area contributed by atoms with Gasteiger partial charge in [-0.25, -0.2) is 4.98 Å². The van der Waals surface area contributed by atoms with Gasteiger partial charge in [0.1, 0.15) is 5.69 Å². The summed E-state index contributed by atoms with van der Waals surface area (Å²) >= 11 is 0. The fraction of sp³-hybridized carbons (Fsp3) is 0.348. The molecule has 9 heteroatoms. The lowest BCUT2D eigenvalue weighted by Gasteiger charge is -2.30. The fourth-order valence-corrected chi connectivity index (χ4v) is 3.73. The molecule has 32 heavy (non-hydrogen) atoms. The molecule has 8 nitrogen and oxygen atoms in total. The van der Waals surface area contributed by atoms with E-state index in [-0.39, 0.29) is 30.5 Å². The highest BCUT2D eigenvalue weighted by Gasteiger charge is 2.36. The summed E-state index contributed by atoms with van der Waals surface area (Å²) in [5.74, 6) is -0.00728. The summed E-state index contributed by atoms with van der Waals surface area (Å²) in [5, 5.41) is 23.0. The van der Waals surface area contributed by atoms with Crippen LogP contribution in [-0.4, -0.2) is 58.2 Å². The van der Waals surface area contributed by atoms with Crippen LogP contribution in [0.2, 0.25) is 0 Å². The number of imidazole rings is 1. The topological polar surface area (TPSA) is 113 Å². The Labute approximate surface area is 192 Å². The van der Waals surface area contributed by atoms with E-state index >= 15 is 0 Å². The summed E-state index contributed by atoms with van der Waals surface area (Å²) in [6, 6.07) is 10.1. The van der Waals surface area contributed by atoms with E-state index in [0.717, 1.165) is 0 Å². The molecule has 0 radical (unpaired) electrons. The molecule has 1 amide bonds. The highest BCUT2D eigenvalue weighted by atomic mass is 35.5. The number of hydrogen-bond acceptors (Lipinski definition) is 6. The van der Waals surface area contributed by atoms with Crippen LogP contribution in [-0.2, 0) is 5.41 Å². The predicted molar refractivity (Wildman–Crippen MR) is 123 cm³/mol. The minimum absolute atomic E-state index is 0. The van der Waals surface area contributed by atoms with Crippen LogP contribution in [0.5, 0.6) is 5.75 Å². The van der Waals surface area contributed by atoms with Crippen molar-refractivity contribution < 1.29 is 24.5 Å². The van der Waals surface area contributed by atoms with Crippen LogP contribution in [0.4, 0.5) is 0 Å². The number of aliphatic hydroxyl groups excluding tert-OH is 2. The van der Waals surface area contributed by atoms with Crippen molar-refractivity contribution in [3.8, 4) is 5.75 Å². The van der Waals surface area contributed by atoms with Gasteiger partial charge in [0.2, 0.25) is 0 Å². The number of nitrogens with one attached hydrogen (secondary N) is 1. The number of hydrogen-bond donors (Lipinski definition) is 3. The maximum Gasteiger partial charge on any atom is 0.251 e. The predicted octanol–water partition coefficient (Wildman–Crippen LogP) is 2.32. The number of carbonyl (C=O) groups excluding carboxylic acids is 2. The normalized spacial score (nSPS) is 11.2. The molecule has 0 saturated heterocycles. The van der Waals surface area contributed by atoms with Gasteiger partial charge in [-0.2, -0.15) is 0 Å². The van der Waals surface area contributed by atoms with Gasteiger partial charge in [0, 0.05) is 30.6 Å². The third-order valence-corrected chi connectivity index (χ3v) is 5.42. The molecule has 2 aromatic heterocycles. The van der Waals surface area contributed by atoms with Crippen molar-refractivity contribution in [1.82, 2.24) is 14.7 Å². The number of rotatable bonds is 9. The molecule has 0 unspecified atom stereocenters. The van der Waals surface area contributed by atoms with Crippen molar-refractivity contribution in [1.29, 1.82) is 0 Å². The Morgan fingerprint density at radius 1 is 1.19 bits per heavy atom. The van der Waals surface area contributed by atoms with E-state index in [9.17, 15) is 19.8 Å². The SMILES string of the molecule is CCOc1cccn2c(C(=O)CC(CO)(CO)c3cccc(C(=O)NC)c3)c(C)nc12.Cl. The van der Waals surface area contributed by atoms with Crippen molar-refractivity contribution in [2.24, 2.45) is 0 Å². The van der Waals surface area contributed by atoms with Gasteiger partial charge in [-0.05, 0) is 43.7 Å². The van der Waals surface area contributed by atoms with E-state index in [4.69, 9.17) is 4.74 Å². The molecule has 0 atom stereocenters. The highest BCUT2D eigenvalue weighted by molar-refractivity contribution is 5.98. The molecule has 0 aliphatic heterocycles. The second-order valence-corrected chi connectivity index (χ2v) is 7.40. The number of pyridine rings is 1. The zero-order valence-electron chi connectivity index (χ0n) is 18.3. The molecular formula is C23H28ClN3O5. The largest absolute Gasteiger partial charge is 0.490 e. The minimum atomic E-state index is -1.25. The zero-order valence-corrected chi connectivity index (χ0v) is 19.1. The lowest BCUT2D eigenvalue weighted by Crippen LogP contribution is -2.38.